The standard InChI is InChI=1S/C28H29FN2O4/c1-20(2)26(30-27(33)23-15-9-10-16-24(23)29)28(34)35-19-25(32)31(17-21-11-5-3-6-12-21)18-22-13-7-4-8-14-22/h3-16,20,26H,17-19H2,1-2H3,(H,30,33)/t26-/m0/s1. The van der Waals surface area contributed by atoms with Crippen molar-refractivity contribution in [3.05, 3.63) is 107 Å². The topological polar surface area (TPSA) is 75.7 Å². The maximum absolute atomic E-state index is 14.0. The van der Waals surface area contributed by atoms with Crippen molar-refractivity contribution in [1.29, 1.82) is 0 Å². The Bertz CT molecular complexity index is 1090. The van der Waals surface area contributed by atoms with Crippen LogP contribution in [0, 0.1) is 11.7 Å². The average Bonchev–Trinajstić information content (AvgIpc) is 2.86. The van der Waals surface area contributed by atoms with Crippen LogP contribution < -0.4 is 5.32 Å². The van der Waals surface area contributed by atoms with E-state index in [-0.39, 0.29) is 17.4 Å². The minimum Gasteiger partial charge on any atom is -0.454 e. The predicted octanol–water partition coefficient (Wildman–Crippen LogP) is 4.35. The van der Waals surface area contributed by atoms with E-state index >= 15 is 0 Å². The van der Waals surface area contributed by atoms with E-state index in [2.05, 4.69) is 5.32 Å². The van der Waals surface area contributed by atoms with Crippen LogP contribution in [0.4, 0.5) is 4.39 Å². The molecule has 0 fully saturated rings. The van der Waals surface area contributed by atoms with Crippen LogP contribution in [0.1, 0.15) is 35.3 Å². The molecule has 0 aliphatic rings. The van der Waals surface area contributed by atoms with E-state index in [1.165, 1.54) is 24.3 Å². The van der Waals surface area contributed by atoms with Gasteiger partial charge in [-0.1, -0.05) is 86.6 Å². The number of amides is 2. The second-order valence-corrected chi connectivity index (χ2v) is 8.50. The molecule has 3 aromatic carbocycles. The van der Waals surface area contributed by atoms with Gasteiger partial charge >= 0.3 is 5.97 Å². The molecule has 6 nitrogen and oxygen atoms in total. The Morgan fingerprint density at radius 3 is 1.86 bits per heavy atom. The minimum absolute atomic E-state index is 0.168. The van der Waals surface area contributed by atoms with Gasteiger partial charge in [-0.3, -0.25) is 9.59 Å². The molecule has 182 valence electrons. The SMILES string of the molecule is CC(C)[C@H](NC(=O)c1ccccc1F)C(=O)OCC(=O)N(Cc1ccccc1)Cc1ccccc1. The van der Waals surface area contributed by atoms with Crippen molar-refractivity contribution in [2.45, 2.75) is 33.0 Å². The number of ether oxygens (including phenoxy) is 1. The van der Waals surface area contributed by atoms with Crippen molar-refractivity contribution in [3.8, 4) is 0 Å². The Balaban J connectivity index is 1.66. The van der Waals surface area contributed by atoms with Gasteiger partial charge in [-0.15, -0.1) is 0 Å². The number of nitrogens with one attached hydrogen (secondary N) is 1. The van der Waals surface area contributed by atoms with Gasteiger partial charge in [0, 0.05) is 13.1 Å². The maximum atomic E-state index is 14.0. The lowest BCUT2D eigenvalue weighted by Crippen LogP contribution is -2.46. The van der Waals surface area contributed by atoms with E-state index in [1.54, 1.807) is 18.7 Å². The predicted molar refractivity (Wildman–Crippen MR) is 131 cm³/mol. The Kier molecular flexibility index (Phi) is 9.12. The van der Waals surface area contributed by atoms with Crippen molar-refractivity contribution in [2.24, 2.45) is 5.92 Å². The summed E-state index contributed by atoms with van der Waals surface area (Å²) in [6.45, 7) is 3.68. The molecule has 7 heteroatoms. The average molecular weight is 477 g/mol. The summed E-state index contributed by atoms with van der Waals surface area (Å²) in [5, 5.41) is 2.53. The number of esters is 1. The summed E-state index contributed by atoms with van der Waals surface area (Å²) in [6.07, 6.45) is 0. The molecule has 0 saturated heterocycles. The molecule has 0 radical (unpaired) electrons. The summed E-state index contributed by atoms with van der Waals surface area (Å²) < 4.78 is 19.3. The Morgan fingerprint density at radius 2 is 1.34 bits per heavy atom. The van der Waals surface area contributed by atoms with Crippen LogP contribution in [0.2, 0.25) is 0 Å². The van der Waals surface area contributed by atoms with E-state index in [4.69, 9.17) is 4.74 Å². The van der Waals surface area contributed by atoms with Crippen LogP contribution in [0.15, 0.2) is 84.9 Å². The first-order valence-corrected chi connectivity index (χ1v) is 11.4. The van der Waals surface area contributed by atoms with Gasteiger partial charge in [0.25, 0.3) is 11.8 Å². The first-order valence-electron chi connectivity index (χ1n) is 11.4. The number of nitrogens with zero attached hydrogens (tertiary/aromatic N) is 1. The fourth-order valence-electron chi connectivity index (χ4n) is 3.52. The van der Waals surface area contributed by atoms with Crippen LogP contribution in [0.5, 0.6) is 0 Å². The molecule has 0 aliphatic heterocycles. The minimum atomic E-state index is -1.04. The number of benzene rings is 3. The van der Waals surface area contributed by atoms with Gasteiger partial charge in [-0.05, 0) is 29.2 Å². The summed E-state index contributed by atoms with van der Waals surface area (Å²) >= 11 is 0. The molecule has 0 saturated carbocycles. The zero-order chi connectivity index (χ0) is 25.2. The fourth-order valence-corrected chi connectivity index (χ4v) is 3.52. The molecular formula is C28H29FN2O4. The third kappa shape index (κ3) is 7.50. The van der Waals surface area contributed by atoms with Crippen molar-refractivity contribution in [2.75, 3.05) is 6.61 Å². The first kappa shape index (κ1) is 25.6. The zero-order valence-electron chi connectivity index (χ0n) is 19.8. The molecule has 0 spiro atoms. The van der Waals surface area contributed by atoms with Crippen LogP contribution in [-0.2, 0) is 27.4 Å². The number of hydrogen-bond donors (Lipinski definition) is 1. The van der Waals surface area contributed by atoms with Crippen molar-refractivity contribution < 1.29 is 23.5 Å². The smallest absolute Gasteiger partial charge is 0.329 e. The second kappa shape index (κ2) is 12.5. The Hall–Kier alpha value is -4.00. The monoisotopic (exact) mass is 476 g/mol. The van der Waals surface area contributed by atoms with Crippen LogP contribution in [-0.4, -0.2) is 35.3 Å². The molecule has 3 rings (SSSR count). The van der Waals surface area contributed by atoms with Gasteiger partial charge in [0.1, 0.15) is 11.9 Å². The number of halogens is 1. The second-order valence-electron chi connectivity index (χ2n) is 8.50. The lowest BCUT2D eigenvalue weighted by atomic mass is 10.0. The van der Waals surface area contributed by atoms with Crippen molar-refractivity contribution in [1.82, 2.24) is 10.2 Å². The summed E-state index contributed by atoms with van der Waals surface area (Å²) in [6, 6.07) is 23.5. The number of carbonyl (C=O) groups excluding carboxylic acids is 3. The van der Waals surface area contributed by atoms with Crippen molar-refractivity contribution in [3.63, 3.8) is 0 Å². The molecule has 1 atom stereocenters. The van der Waals surface area contributed by atoms with E-state index < -0.39 is 30.3 Å². The van der Waals surface area contributed by atoms with E-state index in [0.717, 1.165) is 11.1 Å². The quantitative estimate of drug-likeness (QED) is 0.442. The van der Waals surface area contributed by atoms with Gasteiger partial charge in [-0.2, -0.15) is 0 Å². The summed E-state index contributed by atoms with van der Waals surface area (Å²) in [7, 11) is 0. The van der Waals surface area contributed by atoms with Crippen molar-refractivity contribution >= 4 is 17.8 Å². The fraction of sp³-hybridized carbons (Fsp3) is 0.250. The van der Waals surface area contributed by atoms with Gasteiger partial charge in [0.05, 0.1) is 5.56 Å². The highest BCUT2D eigenvalue weighted by Gasteiger charge is 2.28. The largest absolute Gasteiger partial charge is 0.454 e. The van der Waals surface area contributed by atoms with Gasteiger partial charge in [-0.25, -0.2) is 9.18 Å². The summed E-state index contributed by atoms with van der Waals surface area (Å²) in [5.74, 6) is -2.86. The third-order valence-electron chi connectivity index (χ3n) is 5.45. The van der Waals surface area contributed by atoms with Gasteiger partial charge in [0.15, 0.2) is 6.61 Å². The Labute approximate surface area is 204 Å². The van der Waals surface area contributed by atoms with Gasteiger partial charge < -0.3 is 15.0 Å². The first-order chi connectivity index (χ1) is 16.8. The molecule has 0 aromatic heterocycles. The van der Waals surface area contributed by atoms with Crippen LogP contribution >= 0.6 is 0 Å². The van der Waals surface area contributed by atoms with E-state index in [9.17, 15) is 18.8 Å². The highest BCUT2D eigenvalue weighted by molar-refractivity contribution is 5.97. The number of rotatable bonds is 10. The summed E-state index contributed by atoms with van der Waals surface area (Å²) in [5.41, 5.74) is 1.72. The lowest BCUT2D eigenvalue weighted by Gasteiger charge is -2.25. The number of hydrogen-bond acceptors (Lipinski definition) is 4. The molecule has 35 heavy (non-hydrogen) atoms. The molecule has 0 aliphatic carbocycles. The molecule has 0 bridgehead atoms. The van der Waals surface area contributed by atoms with E-state index in [1.807, 2.05) is 60.7 Å². The zero-order valence-corrected chi connectivity index (χ0v) is 19.8. The maximum Gasteiger partial charge on any atom is 0.329 e. The van der Waals surface area contributed by atoms with Crippen LogP contribution in [0.3, 0.4) is 0 Å². The molecule has 2 amide bonds. The summed E-state index contributed by atoms with van der Waals surface area (Å²) in [4.78, 5) is 39.9. The van der Waals surface area contributed by atoms with Gasteiger partial charge in [0.2, 0.25) is 0 Å². The van der Waals surface area contributed by atoms with Crippen LogP contribution in [0.25, 0.3) is 0 Å². The molecule has 0 unspecified atom stereocenters. The molecular weight excluding hydrogens is 447 g/mol. The van der Waals surface area contributed by atoms with E-state index in [0.29, 0.717) is 13.1 Å². The number of carbonyl (C=O) groups is 3. The molecule has 1 N–H and O–H groups in total. The molecule has 0 heterocycles. The third-order valence-corrected chi connectivity index (χ3v) is 5.45. The highest BCUT2D eigenvalue weighted by Crippen LogP contribution is 2.13. The Morgan fingerprint density at radius 1 is 0.829 bits per heavy atom. The lowest BCUT2D eigenvalue weighted by molar-refractivity contribution is -0.155. The molecule has 3 aromatic rings. The normalized spacial score (nSPS) is 11.5. The highest BCUT2D eigenvalue weighted by atomic mass is 19.1.